The molecule has 9 heteroatoms. The average molecular weight is 326 g/mol. The third-order valence-electron chi connectivity index (χ3n) is 2.61. The molecular weight excluding hydrogens is 313 g/mol. The summed E-state index contributed by atoms with van der Waals surface area (Å²) in [6.07, 6.45) is 2.20. The molecule has 0 spiro atoms. The maximum atomic E-state index is 13.8. The van der Waals surface area contributed by atoms with E-state index in [1.165, 1.54) is 19.2 Å². The lowest BCUT2D eigenvalue weighted by atomic mass is 10.3. The van der Waals surface area contributed by atoms with Crippen molar-refractivity contribution >= 4 is 34.8 Å². The number of nitrogen functional groups attached to an aromatic ring is 1. The highest BCUT2D eigenvalue weighted by Gasteiger charge is 2.15. The SMILES string of the molecule is CNc1c(N)ncc(Oc2cc(NC(C)=O)ncc2F)c1Cl. The topological polar surface area (TPSA) is 102 Å². The van der Waals surface area contributed by atoms with Crippen LogP contribution in [0.25, 0.3) is 0 Å². The molecule has 2 heterocycles. The zero-order valence-electron chi connectivity index (χ0n) is 11.8. The summed E-state index contributed by atoms with van der Waals surface area (Å²) in [5.74, 6) is -0.762. The highest BCUT2D eigenvalue weighted by Crippen LogP contribution is 2.37. The van der Waals surface area contributed by atoms with E-state index < -0.39 is 5.82 Å². The van der Waals surface area contributed by atoms with Crippen LogP contribution in [-0.2, 0) is 4.79 Å². The molecule has 2 aromatic heterocycles. The van der Waals surface area contributed by atoms with E-state index >= 15 is 0 Å². The second kappa shape index (κ2) is 6.44. The molecule has 0 aliphatic heterocycles. The van der Waals surface area contributed by atoms with E-state index in [2.05, 4.69) is 20.6 Å². The number of halogens is 2. The van der Waals surface area contributed by atoms with Crippen molar-refractivity contribution in [2.45, 2.75) is 6.92 Å². The van der Waals surface area contributed by atoms with Crippen LogP contribution in [0.4, 0.5) is 21.7 Å². The van der Waals surface area contributed by atoms with Gasteiger partial charge < -0.3 is 21.1 Å². The minimum atomic E-state index is -0.715. The third-order valence-corrected chi connectivity index (χ3v) is 2.98. The van der Waals surface area contributed by atoms with Gasteiger partial charge in [-0.05, 0) is 0 Å². The van der Waals surface area contributed by atoms with E-state index in [0.717, 1.165) is 6.20 Å². The predicted octanol–water partition coefficient (Wildman–Crippen LogP) is 2.64. The Balaban J connectivity index is 2.36. The van der Waals surface area contributed by atoms with Gasteiger partial charge in [0.1, 0.15) is 16.7 Å². The normalized spacial score (nSPS) is 10.2. The number of ether oxygens (including phenoxy) is 1. The number of carbonyl (C=O) groups is 1. The number of nitrogens with zero attached hydrogens (tertiary/aromatic N) is 2. The van der Waals surface area contributed by atoms with Gasteiger partial charge in [0.2, 0.25) is 5.91 Å². The Bertz CT molecular complexity index is 726. The molecule has 0 unspecified atom stereocenters. The van der Waals surface area contributed by atoms with Crippen LogP contribution in [0.2, 0.25) is 5.02 Å². The van der Waals surface area contributed by atoms with Crippen molar-refractivity contribution in [3.63, 3.8) is 0 Å². The number of nitrogens with one attached hydrogen (secondary N) is 2. The zero-order chi connectivity index (χ0) is 16.3. The van der Waals surface area contributed by atoms with E-state index in [-0.39, 0.29) is 34.1 Å². The highest BCUT2D eigenvalue weighted by atomic mass is 35.5. The van der Waals surface area contributed by atoms with Gasteiger partial charge in [0.05, 0.1) is 18.1 Å². The fourth-order valence-electron chi connectivity index (χ4n) is 1.66. The fourth-order valence-corrected chi connectivity index (χ4v) is 1.94. The molecule has 0 aliphatic rings. The number of rotatable bonds is 4. The molecule has 0 bridgehead atoms. The molecule has 2 aromatic rings. The summed E-state index contributed by atoms with van der Waals surface area (Å²) in [5, 5.41) is 5.37. The van der Waals surface area contributed by atoms with Crippen LogP contribution in [0.5, 0.6) is 11.5 Å². The van der Waals surface area contributed by atoms with Gasteiger partial charge in [0.25, 0.3) is 0 Å². The van der Waals surface area contributed by atoms with E-state index in [1.54, 1.807) is 7.05 Å². The Kier molecular flexibility index (Phi) is 4.62. The molecule has 0 saturated heterocycles. The van der Waals surface area contributed by atoms with Crippen LogP contribution in [0.15, 0.2) is 18.5 Å². The molecule has 0 fully saturated rings. The minimum Gasteiger partial charge on any atom is -0.451 e. The van der Waals surface area contributed by atoms with Gasteiger partial charge >= 0.3 is 0 Å². The maximum absolute atomic E-state index is 13.8. The van der Waals surface area contributed by atoms with E-state index in [4.69, 9.17) is 22.1 Å². The largest absolute Gasteiger partial charge is 0.451 e. The van der Waals surface area contributed by atoms with Gasteiger partial charge in [-0.25, -0.2) is 14.4 Å². The Hall–Kier alpha value is -2.61. The van der Waals surface area contributed by atoms with Crippen LogP contribution >= 0.6 is 11.6 Å². The first-order valence-corrected chi connectivity index (χ1v) is 6.53. The van der Waals surface area contributed by atoms with Crippen molar-refractivity contribution < 1.29 is 13.9 Å². The second-order valence-corrected chi connectivity index (χ2v) is 4.61. The molecule has 0 radical (unpaired) electrons. The van der Waals surface area contributed by atoms with E-state index in [0.29, 0.717) is 5.69 Å². The van der Waals surface area contributed by atoms with Crippen LogP contribution in [0.3, 0.4) is 0 Å². The Morgan fingerprint density at radius 1 is 1.36 bits per heavy atom. The molecule has 7 nitrogen and oxygen atoms in total. The monoisotopic (exact) mass is 325 g/mol. The Morgan fingerprint density at radius 3 is 2.73 bits per heavy atom. The smallest absolute Gasteiger partial charge is 0.222 e. The summed E-state index contributed by atoms with van der Waals surface area (Å²) in [4.78, 5) is 18.6. The standard InChI is InChI=1S/C13H13ClFN5O2/c1-6(21)20-10-3-8(7(15)4-18-10)22-9-5-19-13(16)12(17-2)11(9)14/h3-5,17H,1-2H3,(H2,16,19)(H,18,20,21). The number of carbonyl (C=O) groups excluding carboxylic acids is 1. The number of anilines is 3. The van der Waals surface area contributed by atoms with Crippen molar-refractivity contribution in [3.05, 3.63) is 29.3 Å². The quantitative estimate of drug-likeness (QED) is 0.798. The molecule has 0 aliphatic carbocycles. The minimum absolute atomic E-state index is 0.110. The van der Waals surface area contributed by atoms with Gasteiger partial charge in [0.15, 0.2) is 17.3 Å². The fraction of sp³-hybridized carbons (Fsp3) is 0.154. The molecule has 0 aromatic carbocycles. The number of amides is 1. The van der Waals surface area contributed by atoms with Gasteiger partial charge in [-0.2, -0.15) is 0 Å². The summed E-state index contributed by atoms with van der Waals surface area (Å²) < 4.78 is 19.2. The van der Waals surface area contributed by atoms with Crippen LogP contribution < -0.4 is 21.1 Å². The van der Waals surface area contributed by atoms with Crippen LogP contribution in [0.1, 0.15) is 6.92 Å². The molecule has 0 atom stereocenters. The lowest BCUT2D eigenvalue weighted by molar-refractivity contribution is -0.114. The summed E-state index contributed by atoms with van der Waals surface area (Å²) in [6, 6.07) is 1.24. The predicted molar refractivity (Wildman–Crippen MR) is 81.8 cm³/mol. The molecule has 116 valence electrons. The van der Waals surface area contributed by atoms with Crippen LogP contribution in [-0.4, -0.2) is 22.9 Å². The van der Waals surface area contributed by atoms with Crippen LogP contribution in [0, 0.1) is 5.82 Å². The van der Waals surface area contributed by atoms with Gasteiger partial charge in [-0.3, -0.25) is 4.79 Å². The molecule has 0 saturated carbocycles. The van der Waals surface area contributed by atoms with Crippen molar-refractivity contribution in [1.82, 2.24) is 9.97 Å². The van der Waals surface area contributed by atoms with Crippen molar-refractivity contribution in [2.75, 3.05) is 23.4 Å². The van der Waals surface area contributed by atoms with Crippen molar-refractivity contribution in [3.8, 4) is 11.5 Å². The molecule has 1 amide bonds. The Labute approximate surface area is 130 Å². The first-order chi connectivity index (χ1) is 10.4. The molecule has 4 N–H and O–H groups in total. The first kappa shape index (κ1) is 15.8. The maximum Gasteiger partial charge on any atom is 0.222 e. The molecule has 2 rings (SSSR count). The number of hydrogen-bond donors (Lipinski definition) is 3. The third kappa shape index (κ3) is 3.34. The summed E-state index contributed by atoms with van der Waals surface area (Å²) in [7, 11) is 1.62. The summed E-state index contributed by atoms with van der Waals surface area (Å²) in [5.41, 5.74) is 6.03. The van der Waals surface area contributed by atoms with Crippen molar-refractivity contribution in [1.29, 1.82) is 0 Å². The zero-order valence-corrected chi connectivity index (χ0v) is 12.5. The average Bonchev–Trinajstić information content (AvgIpc) is 2.45. The number of hydrogen-bond acceptors (Lipinski definition) is 6. The van der Waals surface area contributed by atoms with E-state index in [9.17, 15) is 9.18 Å². The van der Waals surface area contributed by atoms with E-state index in [1.807, 2.05) is 0 Å². The van der Waals surface area contributed by atoms with Crippen molar-refractivity contribution in [2.24, 2.45) is 0 Å². The lowest BCUT2D eigenvalue weighted by Gasteiger charge is -2.13. The molecular formula is C13H13ClFN5O2. The number of aromatic nitrogens is 2. The number of pyridine rings is 2. The van der Waals surface area contributed by atoms with Gasteiger partial charge in [0, 0.05) is 20.0 Å². The van der Waals surface area contributed by atoms with Gasteiger partial charge in [-0.15, -0.1) is 0 Å². The van der Waals surface area contributed by atoms with Gasteiger partial charge in [-0.1, -0.05) is 11.6 Å². The number of nitrogens with two attached hydrogens (primary N) is 1. The highest BCUT2D eigenvalue weighted by molar-refractivity contribution is 6.35. The second-order valence-electron chi connectivity index (χ2n) is 4.23. The first-order valence-electron chi connectivity index (χ1n) is 6.15. The molecule has 22 heavy (non-hydrogen) atoms. The lowest BCUT2D eigenvalue weighted by Crippen LogP contribution is -2.08. The summed E-state index contributed by atoms with van der Waals surface area (Å²) >= 11 is 6.13. The summed E-state index contributed by atoms with van der Waals surface area (Å²) in [6.45, 7) is 1.31. The Morgan fingerprint density at radius 2 is 2.09 bits per heavy atom.